The summed E-state index contributed by atoms with van der Waals surface area (Å²) in [4.78, 5) is 25.8. The van der Waals surface area contributed by atoms with Crippen molar-refractivity contribution < 1.29 is 24.2 Å². The first-order chi connectivity index (χ1) is 8.99. The van der Waals surface area contributed by atoms with Crippen molar-refractivity contribution in [1.29, 1.82) is 0 Å². The Kier molecular flexibility index (Phi) is 6.04. The minimum Gasteiger partial charge on any atom is -0.481 e. The molecule has 0 aliphatic carbocycles. The molecule has 1 fully saturated rings. The van der Waals surface area contributed by atoms with Crippen LogP contribution in [0.5, 0.6) is 0 Å². The molecule has 7 nitrogen and oxygen atoms in total. The summed E-state index contributed by atoms with van der Waals surface area (Å²) in [6, 6.07) is -0.119. The van der Waals surface area contributed by atoms with Crippen LogP contribution in [-0.4, -0.2) is 80.0 Å². The predicted molar refractivity (Wildman–Crippen MR) is 68.1 cm³/mol. The van der Waals surface area contributed by atoms with Crippen LogP contribution >= 0.6 is 0 Å². The van der Waals surface area contributed by atoms with Crippen molar-refractivity contribution in [3.05, 3.63) is 0 Å². The number of aliphatic carboxylic acids is 1. The lowest BCUT2D eigenvalue weighted by atomic mass is 10.3. The monoisotopic (exact) mass is 274 g/mol. The van der Waals surface area contributed by atoms with Crippen molar-refractivity contribution in [2.24, 2.45) is 0 Å². The highest BCUT2D eigenvalue weighted by molar-refractivity contribution is 5.74. The summed E-state index contributed by atoms with van der Waals surface area (Å²) < 4.78 is 10.5. The molecule has 1 aliphatic rings. The standard InChI is InChI=1S/C12H22N2O5/c1-13(6-4-5-11(15)16)12(17)14-7-9(18-2)10(8-14)19-3/h9-10H,4-8H2,1-3H3,(H,15,16). The van der Waals surface area contributed by atoms with Gasteiger partial charge in [0, 0.05) is 34.2 Å². The van der Waals surface area contributed by atoms with Crippen molar-refractivity contribution in [3.8, 4) is 0 Å². The number of ether oxygens (including phenoxy) is 2. The summed E-state index contributed by atoms with van der Waals surface area (Å²) in [5.74, 6) is -0.846. The molecule has 2 atom stereocenters. The number of carbonyl (C=O) groups is 2. The van der Waals surface area contributed by atoms with E-state index in [2.05, 4.69) is 0 Å². The second-order valence-corrected chi connectivity index (χ2v) is 4.65. The predicted octanol–water partition coefficient (Wildman–Crippen LogP) is 0.249. The van der Waals surface area contributed by atoms with Crippen LogP contribution in [0, 0.1) is 0 Å². The van der Waals surface area contributed by atoms with E-state index in [-0.39, 0.29) is 24.7 Å². The summed E-state index contributed by atoms with van der Waals surface area (Å²) in [7, 11) is 4.87. The maximum atomic E-state index is 12.1. The maximum Gasteiger partial charge on any atom is 0.319 e. The van der Waals surface area contributed by atoms with Gasteiger partial charge in [-0.3, -0.25) is 4.79 Å². The van der Waals surface area contributed by atoms with Crippen molar-refractivity contribution in [1.82, 2.24) is 9.80 Å². The van der Waals surface area contributed by atoms with E-state index in [1.807, 2.05) is 0 Å². The molecule has 110 valence electrons. The van der Waals surface area contributed by atoms with Gasteiger partial charge in [0.2, 0.25) is 0 Å². The van der Waals surface area contributed by atoms with E-state index in [0.29, 0.717) is 26.1 Å². The number of rotatable bonds is 6. The molecule has 0 aromatic carbocycles. The zero-order valence-electron chi connectivity index (χ0n) is 11.7. The molecule has 0 aromatic rings. The largest absolute Gasteiger partial charge is 0.481 e. The lowest BCUT2D eigenvalue weighted by Gasteiger charge is -2.24. The molecule has 0 spiro atoms. The van der Waals surface area contributed by atoms with E-state index < -0.39 is 5.97 Å². The first kappa shape index (κ1) is 15.7. The topological polar surface area (TPSA) is 79.3 Å². The number of carboxylic acid groups (broad SMARTS) is 1. The van der Waals surface area contributed by atoms with Crippen LogP contribution in [0.15, 0.2) is 0 Å². The Morgan fingerprint density at radius 3 is 2.21 bits per heavy atom. The molecule has 1 saturated heterocycles. The number of likely N-dealkylation sites (tertiary alicyclic amines) is 1. The minimum atomic E-state index is -0.846. The van der Waals surface area contributed by atoms with Gasteiger partial charge in [-0.25, -0.2) is 4.79 Å². The highest BCUT2D eigenvalue weighted by atomic mass is 16.5. The summed E-state index contributed by atoms with van der Waals surface area (Å²) >= 11 is 0. The van der Waals surface area contributed by atoms with Gasteiger partial charge in [-0.1, -0.05) is 0 Å². The van der Waals surface area contributed by atoms with Crippen LogP contribution < -0.4 is 0 Å². The Balaban J connectivity index is 2.42. The molecule has 7 heteroatoms. The van der Waals surface area contributed by atoms with E-state index in [1.54, 1.807) is 26.2 Å². The molecule has 1 aliphatic heterocycles. The molecular formula is C12H22N2O5. The van der Waals surface area contributed by atoms with Gasteiger partial charge in [-0.2, -0.15) is 0 Å². The summed E-state index contributed by atoms with van der Waals surface area (Å²) in [6.45, 7) is 1.42. The van der Waals surface area contributed by atoms with Gasteiger partial charge in [-0.15, -0.1) is 0 Å². The first-order valence-electron chi connectivity index (χ1n) is 6.27. The number of amides is 2. The molecule has 2 unspecified atom stereocenters. The molecule has 0 saturated carbocycles. The van der Waals surface area contributed by atoms with Gasteiger partial charge in [0.15, 0.2) is 0 Å². The highest BCUT2D eigenvalue weighted by Crippen LogP contribution is 2.17. The van der Waals surface area contributed by atoms with Gasteiger partial charge in [0.05, 0.1) is 13.1 Å². The smallest absolute Gasteiger partial charge is 0.319 e. The van der Waals surface area contributed by atoms with E-state index in [4.69, 9.17) is 14.6 Å². The summed E-state index contributed by atoms with van der Waals surface area (Å²) in [5.41, 5.74) is 0. The summed E-state index contributed by atoms with van der Waals surface area (Å²) in [6.07, 6.45) is 0.300. The molecular weight excluding hydrogens is 252 g/mol. The fraction of sp³-hybridized carbons (Fsp3) is 0.833. The average Bonchev–Trinajstić information content (AvgIpc) is 2.80. The Morgan fingerprint density at radius 2 is 1.79 bits per heavy atom. The number of hydrogen-bond donors (Lipinski definition) is 1. The Hall–Kier alpha value is -1.34. The quantitative estimate of drug-likeness (QED) is 0.751. The second-order valence-electron chi connectivity index (χ2n) is 4.65. The molecule has 19 heavy (non-hydrogen) atoms. The zero-order valence-corrected chi connectivity index (χ0v) is 11.7. The molecule has 1 rings (SSSR count). The Morgan fingerprint density at radius 1 is 1.26 bits per heavy atom. The lowest BCUT2D eigenvalue weighted by Crippen LogP contribution is -2.41. The van der Waals surface area contributed by atoms with Crippen molar-refractivity contribution in [3.63, 3.8) is 0 Å². The van der Waals surface area contributed by atoms with Crippen molar-refractivity contribution in [2.45, 2.75) is 25.0 Å². The van der Waals surface area contributed by atoms with Crippen LogP contribution in [0.25, 0.3) is 0 Å². The number of urea groups is 1. The molecule has 0 bridgehead atoms. The third-order valence-corrected chi connectivity index (χ3v) is 3.30. The first-order valence-corrected chi connectivity index (χ1v) is 6.27. The van der Waals surface area contributed by atoms with Gasteiger partial charge in [0.1, 0.15) is 12.2 Å². The van der Waals surface area contributed by atoms with Gasteiger partial charge in [-0.05, 0) is 6.42 Å². The highest BCUT2D eigenvalue weighted by Gasteiger charge is 2.36. The van der Waals surface area contributed by atoms with Gasteiger partial charge >= 0.3 is 12.0 Å². The third kappa shape index (κ3) is 4.36. The SMILES string of the molecule is COC1CN(C(=O)N(C)CCCC(=O)O)CC1OC. The maximum absolute atomic E-state index is 12.1. The number of carbonyl (C=O) groups excluding carboxylic acids is 1. The van der Waals surface area contributed by atoms with E-state index >= 15 is 0 Å². The van der Waals surface area contributed by atoms with Crippen LogP contribution in [-0.2, 0) is 14.3 Å². The van der Waals surface area contributed by atoms with Crippen molar-refractivity contribution in [2.75, 3.05) is 40.9 Å². The molecule has 0 aromatic heterocycles. The zero-order chi connectivity index (χ0) is 14.4. The number of hydrogen-bond acceptors (Lipinski definition) is 4. The number of carboxylic acids is 1. The Labute approximate surface area is 113 Å². The Bertz CT molecular complexity index is 311. The number of methoxy groups -OCH3 is 2. The van der Waals surface area contributed by atoms with Crippen LogP contribution in [0.2, 0.25) is 0 Å². The van der Waals surface area contributed by atoms with Crippen molar-refractivity contribution >= 4 is 12.0 Å². The van der Waals surface area contributed by atoms with Crippen LogP contribution in [0.3, 0.4) is 0 Å². The fourth-order valence-corrected chi connectivity index (χ4v) is 2.16. The minimum absolute atomic E-state index is 0.0685. The normalized spacial score (nSPS) is 22.6. The van der Waals surface area contributed by atoms with Gasteiger partial charge < -0.3 is 24.4 Å². The van der Waals surface area contributed by atoms with Crippen LogP contribution in [0.4, 0.5) is 4.79 Å². The van der Waals surface area contributed by atoms with Crippen LogP contribution in [0.1, 0.15) is 12.8 Å². The third-order valence-electron chi connectivity index (χ3n) is 3.30. The average molecular weight is 274 g/mol. The number of nitrogens with zero attached hydrogens (tertiary/aromatic N) is 2. The molecule has 1 N–H and O–H groups in total. The van der Waals surface area contributed by atoms with Gasteiger partial charge in [0.25, 0.3) is 0 Å². The molecule has 0 radical (unpaired) electrons. The molecule has 2 amide bonds. The van der Waals surface area contributed by atoms with E-state index in [1.165, 1.54) is 4.90 Å². The summed E-state index contributed by atoms with van der Waals surface area (Å²) in [5, 5.41) is 8.56. The molecule has 1 heterocycles. The second kappa shape index (κ2) is 7.30. The van der Waals surface area contributed by atoms with E-state index in [9.17, 15) is 9.59 Å². The fourth-order valence-electron chi connectivity index (χ4n) is 2.16. The lowest BCUT2D eigenvalue weighted by molar-refractivity contribution is -0.137. The van der Waals surface area contributed by atoms with E-state index in [0.717, 1.165) is 0 Å².